The Morgan fingerprint density at radius 1 is 1.11 bits per heavy atom. The molecule has 0 radical (unpaired) electrons. The predicted molar refractivity (Wildman–Crippen MR) is 40.5 cm³/mol. The molecule has 0 nitrogen and oxygen atoms in total. The molecule has 42 valence electrons. The van der Waals surface area contributed by atoms with Gasteiger partial charge < -0.3 is 0 Å². The molecule has 2 heteroatoms. The first-order valence-corrected chi connectivity index (χ1v) is 3.19. The van der Waals surface area contributed by atoms with Gasteiger partial charge in [0.05, 0.1) is 0 Å². The standard InChI is InChI=1S/C7H9P.Li/c1-6-2-4-7(8)5-3-6;/h2-5H,8H2,1H3;/q;+1. The Hall–Kier alpha value is 0.247. The van der Waals surface area contributed by atoms with E-state index >= 15 is 0 Å². The van der Waals surface area contributed by atoms with Crippen molar-refractivity contribution in [3.8, 4) is 0 Å². The Morgan fingerprint density at radius 3 is 1.89 bits per heavy atom. The summed E-state index contributed by atoms with van der Waals surface area (Å²) < 4.78 is 0. The van der Waals surface area contributed by atoms with Crippen molar-refractivity contribution in [2.45, 2.75) is 6.92 Å². The molecule has 0 aliphatic rings. The van der Waals surface area contributed by atoms with Crippen LogP contribution in [0, 0.1) is 6.92 Å². The van der Waals surface area contributed by atoms with Gasteiger partial charge in [0.2, 0.25) is 0 Å². The van der Waals surface area contributed by atoms with Crippen molar-refractivity contribution in [1.29, 1.82) is 0 Å². The van der Waals surface area contributed by atoms with Crippen molar-refractivity contribution in [2.75, 3.05) is 0 Å². The van der Waals surface area contributed by atoms with Crippen molar-refractivity contribution in [3.05, 3.63) is 29.8 Å². The largest absolute Gasteiger partial charge is 1.00 e. The summed E-state index contributed by atoms with van der Waals surface area (Å²) in [5.41, 5.74) is 1.32. The summed E-state index contributed by atoms with van der Waals surface area (Å²) in [4.78, 5) is 0. The first-order chi connectivity index (χ1) is 3.79. The minimum atomic E-state index is 0. The molecule has 0 saturated heterocycles. The smallest absolute Gasteiger partial charge is 0.106 e. The van der Waals surface area contributed by atoms with Gasteiger partial charge in [0.15, 0.2) is 0 Å². The molecule has 1 unspecified atom stereocenters. The molecule has 1 rings (SSSR count). The minimum Gasteiger partial charge on any atom is -0.106 e. The molecule has 0 aromatic heterocycles. The van der Waals surface area contributed by atoms with Gasteiger partial charge in [-0.3, -0.25) is 0 Å². The van der Waals surface area contributed by atoms with E-state index < -0.39 is 0 Å². The Bertz CT molecular complexity index is 148. The van der Waals surface area contributed by atoms with Gasteiger partial charge in [-0.05, 0) is 12.2 Å². The van der Waals surface area contributed by atoms with Gasteiger partial charge in [-0.2, -0.15) is 0 Å². The summed E-state index contributed by atoms with van der Waals surface area (Å²) in [7, 11) is 2.65. The zero-order valence-electron chi connectivity index (χ0n) is 5.89. The van der Waals surface area contributed by atoms with Gasteiger partial charge >= 0.3 is 18.9 Å². The van der Waals surface area contributed by atoms with Crippen LogP contribution in [0.4, 0.5) is 0 Å². The van der Waals surface area contributed by atoms with Crippen molar-refractivity contribution < 1.29 is 18.9 Å². The van der Waals surface area contributed by atoms with E-state index in [9.17, 15) is 0 Å². The molecule has 1 atom stereocenters. The summed E-state index contributed by atoms with van der Waals surface area (Å²) in [6.45, 7) is 2.09. The van der Waals surface area contributed by atoms with Crippen LogP contribution in [-0.4, -0.2) is 0 Å². The molecule has 1 aromatic rings. The maximum atomic E-state index is 2.65. The molecule has 1 aromatic carbocycles. The number of hydrogen-bond donors (Lipinski definition) is 0. The fourth-order valence-corrected chi connectivity index (χ4v) is 0.759. The van der Waals surface area contributed by atoms with Crippen LogP contribution in [0.1, 0.15) is 5.56 Å². The van der Waals surface area contributed by atoms with E-state index in [1.54, 1.807) is 0 Å². The summed E-state index contributed by atoms with van der Waals surface area (Å²) in [5, 5.41) is 1.25. The van der Waals surface area contributed by atoms with Crippen LogP contribution < -0.4 is 24.2 Å². The van der Waals surface area contributed by atoms with E-state index in [1.807, 2.05) is 0 Å². The summed E-state index contributed by atoms with van der Waals surface area (Å²) in [6.07, 6.45) is 0. The number of hydrogen-bond acceptors (Lipinski definition) is 0. The maximum Gasteiger partial charge on any atom is 1.00 e. The average Bonchev–Trinajstić information content (AvgIpc) is 1.77. The van der Waals surface area contributed by atoms with Gasteiger partial charge in [-0.1, -0.05) is 29.8 Å². The molecule has 0 amide bonds. The molecule has 0 aliphatic heterocycles. The Kier molecular flexibility index (Phi) is 4.24. The monoisotopic (exact) mass is 131 g/mol. The predicted octanol–water partition coefficient (Wildman–Crippen LogP) is -1.50. The quantitative estimate of drug-likeness (QED) is 0.297. The van der Waals surface area contributed by atoms with E-state index in [0.29, 0.717) is 0 Å². The van der Waals surface area contributed by atoms with Crippen LogP contribution in [0.5, 0.6) is 0 Å². The van der Waals surface area contributed by atoms with Crippen molar-refractivity contribution in [2.24, 2.45) is 0 Å². The van der Waals surface area contributed by atoms with Crippen LogP contribution in [0.15, 0.2) is 24.3 Å². The van der Waals surface area contributed by atoms with Crippen LogP contribution in [0.2, 0.25) is 0 Å². The van der Waals surface area contributed by atoms with E-state index in [-0.39, 0.29) is 18.9 Å². The first kappa shape index (κ1) is 9.25. The van der Waals surface area contributed by atoms with Gasteiger partial charge in [-0.25, -0.2) is 0 Å². The van der Waals surface area contributed by atoms with Gasteiger partial charge in [0, 0.05) is 0 Å². The van der Waals surface area contributed by atoms with Crippen LogP contribution >= 0.6 is 9.24 Å². The van der Waals surface area contributed by atoms with Gasteiger partial charge in [0.25, 0.3) is 0 Å². The third-order valence-electron chi connectivity index (χ3n) is 1.08. The van der Waals surface area contributed by atoms with E-state index in [4.69, 9.17) is 0 Å². The average molecular weight is 131 g/mol. The first-order valence-electron chi connectivity index (χ1n) is 2.61. The van der Waals surface area contributed by atoms with Crippen molar-refractivity contribution >= 4 is 14.5 Å². The van der Waals surface area contributed by atoms with E-state index in [2.05, 4.69) is 40.4 Å². The van der Waals surface area contributed by atoms with Crippen LogP contribution in [0.25, 0.3) is 0 Å². The normalized spacial score (nSPS) is 8.22. The molecular formula is C7H9LiP+. The summed E-state index contributed by atoms with van der Waals surface area (Å²) >= 11 is 0. The molecule has 0 spiro atoms. The Balaban J connectivity index is 0.000000640. The topological polar surface area (TPSA) is 0 Å². The second-order valence-electron chi connectivity index (χ2n) is 1.91. The molecule has 9 heavy (non-hydrogen) atoms. The minimum absolute atomic E-state index is 0. The molecule has 0 bridgehead atoms. The Labute approximate surface area is 70.4 Å². The molecule has 0 N–H and O–H groups in total. The maximum absolute atomic E-state index is 2.65. The molecule has 0 heterocycles. The zero-order valence-corrected chi connectivity index (χ0v) is 7.04. The third kappa shape index (κ3) is 3.07. The fourth-order valence-electron chi connectivity index (χ4n) is 0.566. The van der Waals surface area contributed by atoms with Crippen LogP contribution in [-0.2, 0) is 0 Å². The summed E-state index contributed by atoms with van der Waals surface area (Å²) in [5.74, 6) is 0. The van der Waals surface area contributed by atoms with Crippen molar-refractivity contribution in [1.82, 2.24) is 0 Å². The Morgan fingerprint density at radius 2 is 1.56 bits per heavy atom. The number of aryl methyl sites for hydroxylation is 1. The second-order valence-corrected chi connectivity index (χ2v) is 2.58. The van der Waals surface area contributed by atoms with E-state index in [1.165, 1.54) is 10.9 Å². The van der Waals surface area contributed by atoms with Crippen LogP contribution in [0.3, 0.4) is 0 Å². The van der Waals surface area contributed by atoms with E-state index in [0.717, 1.165) is 0 Å². The molecule has 0 saturated carbocycles. The summed E-state index contributed by atoms with van der Waals surface area (Å²) in [6, 6.07) is 8.37. The zero-order chi connectivity index (χ0) is 5.98. The molecule has 0 aliphatic carbocycles. The fraction of sp³-hybridized carbons (Fsp3) is 0.143. The SMILES string of the molecule is Cc1ccc(P)cc1.[Li+]. The van der Waals surface area contributed by atoms with Crippen molar-refractivity contribution in [3.63, 3.8) is 0 Å². The second kappa shape index (κ2) is 4.13. The molecule has 0 fully saturated rings. The van der Waals surface area contributed by atoms with Gasteiger partial charge in [-0.15, -0.1) is 9.24 Å². The van der Waals surface area contributed by atoms with Gasteiger partial charge in [0.1, 0.15) is 0 Å². The third-order valence-corrected chi connectivity index (χ3v) is 1.46. The number of rotatable bonds is 0. The molecular weight excluding hydrogens is 122 g/mol. The number of benzene rings is 1.